The van der Waals surface area contributed by atoms with Crippen molar-refractivity contribution in [3.05, 3.63) is 0 Å². The highest BCUT2D eigenvalue weighted by atomic mass is 16.5. The van der Waals surface area contributed by atoms with Crippen molar-refractivity contribution in [2.45, 2.75) is 33.2 Å². The van der Waals surface area contributed by atoms with Gasteiger partial charge in [0.25, 0.3) is 0 Å². The average molecular weight is 341 g/mol. The highest BCUT2D eigenvalue weighted by Gasteiger charge is 2.29. The molecule has 0 radical (unpaired) electrons. The fraction of sp³-hybridized carbons (Fsp3) is 0.944. The molecule has 2 rings (SSSR count). The van der Waals surface area contributed by atoms with Crippen LogP contribution in [0, 0.1) is 5.92 Å². The molecule has 24 heavy (non-hydrogen) atoms. The number of nitrogens with zero attached hydrogens (tertiary/aromatic N) is 3. The number of ether oxygens (including phenoxy) is 1. The number of amides is 1. The van der Waals surface area contributed by atoms with Gasteiger partial charge in [0.15, 0.2) is 0 Å². The Morgan fingerprint density at radius 2 is 1.62 bits per heavy atom. The smallest absolute Gasteiger partial charge is 0.234 e. The van der Waals surface area contributed by atoms with E-state index >= 15 is 0 Å². The standard InChI is InChI=1S/C18H36N4O2/c1-16(2)13-20-5-7-21(8-6-20)14-17(23)19-15-18(3,4)22-9-11-24-12-10-22/h16H,5-15H2,1-4H3,(H,19,23). The van der Waals surface area contributed by atoms with Gasteiger partial charge in [0.1, 0.15) is 0 Å². The molecule has 2 aliphatic rings. The Hall–Kier alpha value is -0.690. The molecule has 0 unspecified atom stereocenters. The summed E-state index contributed by atoms with van der Waals surface area (Å²) in [5, 5.41) is 3.13. The summed E-state index contributed by atoms with van der Waals surface area (Å²) in [7, 11) is 0. The fourth-order valence-electron chi connectivity index (χ4n) is 3.50. The maximum atomic E-state index is 12.3. The Morgan fingerprint density at radius 1 is 1.04 bits per heavy atom. The Balaban J connectivity index is 1.66. The molecule has 0 saturated carbocycles. The van der Waals surface area contributed by atoms with Gasteiger partial charge in [0.05, 0.1) is 19.8 Å². The zero-order chi connectivity index (χ0) is 17.6. The minimum atomic E-state index is -0.0185. The zero-order valence-electron chi connectivity index (χ0n) is 16.0. The van der Waals surface area contributed by atoms with E-state index in [-0.39, 0.29) is 11.4 Å². The minimum Gasteiger partial charge on any atom is -0.379 e. The lowest BCUT2D eigenvalue weighted by Gasteiger charge is -2.41. The van der Waals surface area contributed by atoms with Gasteiger partial charge in [0.2, 0.25) is 5.91 Å². The van der Waals surface area contributed by atoms with Crippen molar-refractivity contribution in [2.24, 2.45) is 5.92 Å². The van der Waals surface area contributed by atoms with E-state index in [0.29, 0.717) is 19.0 Å². The molecule has 1 N–H and O–H groups in total. The quantitative estimate of drug-likeness (QED) is 0.731. The lowest BCUT2D eigenvalue weighted by molar-refractivity contribution is -0.123. The monoisotopic (exact) mass is 340 g/mol. The number of carbonyl (C=O) groups excluding carboxylic acids is 1. The highest BCUT2D eigenvalue weighted by Crippen LogP contribution is 2.15. The summed E-state index contributed by atoms with van der Waals surface area (Å²) in [6.07, 6.45) is 0. The second-order valence-electron chi connectivity index (χ2n) is 8.16. The predicted molar refractivity (Wildman–Crippen MR) is 97.2 cm³/mol. The summed E-state index contributed by atoms with van der Waals surface area (Å²) in [5.74, 6) is 0.857. The van der Waals surface area contributed by atoms with Gasteiger partial charge in [-0.05, 0) is 19.8 Å². The van der Waals surface area contributed by atoms with Crippen LogP contribution in [0.15, 0.2) is 0 Å². The van der Waals surface area contributed by atoms with Gasteiger partial charge >= 0.3 is 0 Å². The van der Waals surface area contributed by atoms with E-state index in [9.17, 15) is 4.79 Å². The van der Waals surface area contributed by atoms with Gasteiger partial charge < -0.3 is 15.0 Å². The summed E-state index contributed by atoms with van der Waals surface area (Å²) in [6.45, 7) is 18.9. The predicted octanol–water partition coefficient (Wildman–Crippen LogP) is 0.487. The molecule has 2 heterocycles. The summed E-state index contributed by atoms with van der Waals surface area (Å²) in [6, 6.07) is 0. The van der Waals surface area contributed by atoms with Crippen LogP contribution in [0.3, 0.4) is 0 Å². The Kier molecular flexibility index (Phi) is 7.47. The van der Waals surface area contributed by atoms with Crippen LogP contribution in [-0.2, 0) is 9.53 Å². The lowest BCUT2D eigenvalue weighted by atomic mass is 10.0. The van der Waals surface area contributed by atoms with E-state index < -0.39 is 0 Å². The van der Waals surface area contributed by atoms with Crippen molar-refractivity contribution < 1.29 is 9.53 Å². The third kappa shape index (κ3) is 6.31. The van der Waals surface area contributed by atoms with E-state index in [1.54, 1.807) is 0 Å². The Bertz CT molecular complexity index is 386. The number of hydrogen-bond acceptors (Lipinski definition) is 5. The second kappa shape index (κ2) is 9.13. The first-order chi connectivity index (χ1) is 11.4. The largest absolute Gasteiger partial charge is 0.379 e. The first-order valence-corrected chi connectivity index (χ1v) is 9.41. The van der Waals surface area contributed by atoms with Crippen LogP contribution >= 0.6 is 0 Å². The van der Waals surface area contributed by atoms with Gasteiger partial charge in [0, 0.05) is 57.9 Å². The zero-order valence-corrected chi connectivity index (χ0v) is 16.0. The topological polar surface area (TPSA) is 48.0 Å². The molecular formula is C18H36N4O2. The van der Waals surface area contributed by atoms with Crippen molar-refractivity contribution in [1.29, 1.82) is 0 Å². The van der Waals surface area contributed by atoms with E-state index in [4.69, 9.17) is 4.74 Å². The van der Waals surface area contributed by atoms with Gasteiger partial charge in [-0.3, -0.25) is 14.6 Å². The summed E-state index contributed by atoms with van der Waals surface area (Å²) < 4.78 is 5.41. The molecule has 2 aliphatic heterocycles. The summed E-state index contributed by atoms with van der Waals surface area (Å²) in [4.78, 5) is 19.5. The lowest BCUT2D eigenvalue weighted by Crippen LogP contribution is -2.56. The number of carbonyl (C=O) groups is 1. The van der Waals surface area contributed by atoms with E-state index in [2.05, 4.69) is 47.7 Å². The van der Waals surface area contributed by atoms with Gasteiger partial charge in [-0.2, -0.15) is 0 Å². The maximum Gasteiger partial charge on any atom is 0.234 e. The van der Waals surface area contributed by atoms with Crippen LogP contribution in [-0.4, -0.2) is 98.3 Å². The average Bonchev–Trinajstić information content (AvgIpc) is 2.55. The number of morpholine rings is 1. The van der Waals surface area contributed by atoms with Gasteiger partial charge in [-0.25, -0.2) is 0 Å². The molecule has 6 heteroatoms. The van der Waals surface area contributed by atoms with Crippen molar-refractivity contribution in [3.8, 4) is 0 Å². The van der Waals surface area contributed by atoms with Gasteiger partial charge in [-0.15, -0.1) is 0 Å². The van der Waals surface area contributed by atoms with Crippen LogP contribution in [0.25, 0.3) is 0 Å². The third-order valence-electron chi connectivity index (χ3n) is 5.04. The molecule has 0 aromatic rings. The molecule has 0 aliphatic carbocycles. The number of hydrogen-bond donors (Lipinski definition) is 1. The number of piperazine rings is 1. The van der Waals surface area contributed by atoms with Crippen LogP contribution in [0.2, 0.25) is 0 Å². The first kappa shape index (κ1) is 19.6. The normalized spacial score (nSPS) is 22.0. The van der Waals surface area contributed by atoms with Crippen LogP contribution in [0.5, 0.6) is 0 Å². The summed E-state index contributed by atoms with van der Waals surface area (Å²) >= 11 is 0. The van der Waals surface area contributed by atoms with E-state index in [1.807, 2.05) is 0 Å². The molecule has 1 amide bonds. The third-order valence-corrected chi connectivity index (χ3v) is 5.04. The van der Waals surface area contributed by atoms with Crippen LogP contribution in [0.1, 0.15) is 27.7 Å². The van der Waals surface area contributed by atoms with Crippen molar-refractivity contribution >= 4 is 5.91 Å². The molecule has 2 saturated heterocycles. The molecule has 2 fully saturated rings. The molecule has 0 spiro atoms. The van der Waals surface area contributed by atoms with Crippen molar-refractivity contribution in [1.82, 2.24) is 20.0 Å². The summed E-state index contributed by atoms with van der Waals surface area (Å²) in [5.41, 5.74) is -0.0185. The molecule has 0 bridgehead atoms. The van der Waals surface area contributed by atoms with Crippen molar-refractivity contribution in [2.75, 3.05) is 72.1 Å². The van der Waals surface area contributed by atoms with Crippen molar-refractivity contribution in [3.63, 3.8) is 0 Å². The van der Waals surface area contributed by atoms with Gasteiger partial charge in [-0.1, -0.05) is 13.8 Å². The molecular weight excluding hydrogens is 304 g/mol. The minimum absolute atomic E-state index is 0.0185. The molecule has 0 aromatic heterocycles. The Labute approximate surface area is 147 Å². The second-order valence-corrected chi connectivity index (χ2v) is 8.16. The maximum absolute atomic E-state index is 12.3. The number of nitrogens with one attached hydrogen (secondary N) is 1. The first-order valence-electron chi connectivity index (χ1n) is 9.41. The van der Waals surface area contributed by atoms with Crippen LogP contribution in [0.4, 0.5) is 0 Å². The molecule has 6 nitrogen and oxygen atoms in total. The van der Waals surface area contributed by atoms with E-state index in [1.165, 1.54) is 0 Å². The fourth-order valence-corrected chi connectivity index (χ4v) is 3.50. The molecule has 140 valence electrons. The SMILES string of the molecule is CC(C)CN1CCN(CC(=O)NCC(C)(C)N2CCOCC2)CC1. The highest BCUT2D eigenvalue weighted by molar-refractivity contribution is 5.78. The van der Waals surface area contributed by atoms with Crippen LogP contribution < -0.4 is 5.32 Å². The number of rotatable bonds is 7. The van der Waals surface area contributed by atoms with E-state index in [0.717, 1.165) is 59.0 Å². The Morgan fingerprint density at radius 3 is 2.21 bits per heavy atom. The molecule has 0 atom stereocenters. The molecule has 0 aromatic carbocycles.